The van der Waals surface area contributed by atoms with Crippen molar-refractivity contribution in [3.05, 3.63) is 63.2 Å². The van der Waals surface area contributed by atoms with Crippen molar-refractivity contribution in [1.29, 1.82) is 0 Å². The molecule has 2 aromatic rings. The van der Waals surface area contributed by atoms with E-state index < -0.39 is 37.1 Å². The van der Waals surface area contributed by atoms with E-state index in [1.807, 2.05) is 6.07 Å². The molecule has 2 aromatic carbocycles. The molecule has 5 unspecified atom stereocenters. The van der Waals surface area contributed by atoms with Crippen LogP contribution in [0.1, 0.15) is 46.8 Å². The van der Waals surface area contributed by atoms with Crippen LogP contribution in [-0.2, 0) is 24.0 Å². The third kappa shape index (κ3) is 3.83. The van der Waals surface area contributed by atoms with Gasteiger partial charge in [-0.2, -0.15) is 0 Å². The van der Waals surface area contributed by atoms with Gasteiger partial charge in [-0.05, 0) is 72.1 Å². The number of rotatable bonds is 5. The van der Waals surface area contributed by atoms with Crippen molar-refractivity contribution in [2.45, 2.75) is 62.6 Å². The maximum Gasteiger partial charge on any atom is 0.113 e. The second kappa shape index (κ2) is 8.93. The highest BCUT2D eigenvalue weighted by Gasteiger charge is 2.45. The minimum atomic E-state index is -1.39. The summed E-state index contributed by atoms with van der Waals surface area (Å²) in [6, 6.07) is 10.5. The molecule has 6 nitrogen and oxygen atoms in total. The first-order chi connectivity index (χ1) is 15.5. The number of nitrogens with zero attached hydrogens (tertiary/aromatic N) is 1. The smallest absolute Gasteiger partial charge is 0.113 e. The molecule has 1 aliphatic carbocycles. The van der Waals surface area contributed by atoms with Gasteiger partial charge in [0.1, 0.15) is 30.5 Å². The summed E-state index contributed by atoms with van der Waals surface area (Å²) < 4.78 is 5.89. The summed E-state index contributed by atoms with van der Waals surface area (Å²) in [5.74, 6) is 0. The molecule has 7 heteroatoms. The molecule has 2 aliphatic heterocycles. The molecule has 3 aliphatic rings. The van der Waals surface area contributed by atoms with Gasteiger partial charge >= 0.3 is 0 Å². The van der Waals surface area contributed by atoms with Gasteiger partial charge < -0.3 is 30.1 Å². The first kappa shape index (κ1) is 22.1. The van der Waals surface area contributed by atoms with E-state index in [0.29, 0.717) is 6.42 Å². The van der Waals surface area contributed by atoms with Crippen LogP contribution in [0.2, 0.25) is 5.02 Å². The monoisotopic (exact) mass is 459 g/mol. The normalized spacial score (nSPS) is 29.7. The third-order valence-corrected chi connectivity index (χ3v) is 7.66. The molecule has 5 rings (SSSR count). The van der Waals surface area contributed by atoms with Crippen molar-refractivity contribution in [3.63, 3.8) is 0 Å². The van der Waals surface area contributed by atoms with Gasteiger partial charge in [0.2, 0.25) is 0 Å². The van der Waals surface area contributed by atoms with Gasteiger partial charge in [0.15, 0.2) is 0 Å². The van der Waals surface area contributed by atoms with Crippen molar-refractivity contribution < 1.29 is 25.2 Å². The Morgan fingerprint density at radius 3 is 2.31 bits per heavy atom. The number of anilines is 1. The number of hydrogen-bond donors (Lipinski definition) is 4. The average molecular weight is 460 g/mol. The van der Waals surface area contributed by atoms with Crippen LogP contribution in [0.25, 0.3) is 0 Å². The molecule has 172 valence electrons. The molecule has 0 amide bonds. The van der Waals surface area contributed by atoms with Crippen molar-refractivity contribution >= 4 is 17.3 Å². The molecule has 0 saturated carbocycles. The molecule has 0 radical (unpaired) electrons. The van der Waals surface area contributed by atoms with Crippen molar-refractivity contribution in [2.75, 3.05) is 24.6 Å². The van der Waals surface area contributed by atoms with Gasteiger partial charge in [-0.3, -0.25) is 0 Å². The van der Waals surface area contributed by atoms with E-state index in [9.17, 15) is 20.4 Å². The van der Waals surface area contributed by atoms with Crippen LogP contribution in [0, 0.1) is 0 Å². The fourth-order valence-corrected chi connectivity index (χ4v) is 5.53. The summed E-state index contributed by atoms with van der Waals surface area (Å²) in [7, 11) is 0. The second-order valence-electron chi connectivity index (χ2n) is 9.18. The second-order valence-corrected chi connectivity index (χ2v) is 9.56. The summed E-state index contributed by atoms with van der Waals surface area (Å²) in [5, 5.41) is 41.6. The van der Waals surface area contributed by atoms with Crippen LogP contribution in [0.5, 0.6) is 0 Å². The zero-order valence-electron chi connectivity index (χ0n) is 18.0. The Morgan fingerprint density at radius 2 is 1.66 bits per heavy atom. The lowest BCUT2D eigenvalue weighted by Crippen LogP contribution is -2.55. The predicted molar refractivity (Wildman–Crippen MR) is 122 cm³/mol. The Kier molecular flexibility index (Phi) is 6.18. The summed E-state index contributed by atoms with van der Waals surface area (Å²) in [4.78, 5) is 2.35. The number of benzene rings is 2. The number of ether oxygens (including phenoxy) is 1. The molecule has 4 N–H and O–H groups in total. The summed E-state index contributed by atoms with van der Waals surface area (Å²) in [6.07, 6.45) is -1.26. The van der Waals surface area contributed by atoms with Gasteiger partial charge in [-0.25, -0.2) is 0 Å². The molecule has 2 saturated heterocycles. The molecule has 0 bridgehead atoms. The van der Waals surface area contributed by atoms with Crippen molar-refractivity contribution in [2.24, 2.45) is 0 Å². The summed E-state index contributed by atoms with van der Waals surface area (Å²) in [6.45, 7) is 1.78. The van der Waals surface area contributed by atoms with Gasteiger partial charge in [-0.15, -0.1) is 0 Å². The molecular formula is C25H30ClNO5. The average Bonchev–Trinajstić information content (AvgIpc) is 3.25. The van der Waals surface area contributed by atoms with E-state index in [0.717, 1.165) is 65.2 Å². The Hall–Kier alpha value is -1.67. The molecule has 0 spiro atoms. The van der Waals surface area contributed by atoms with Gasteiger partial charge in [0.25, 0.3) is 0 Å². The number of hydrogen-bond acceptors (Lipinski definition) is 6. The van der Waals surface area contributed by atoms with E-state index in [1.165, 1.54) is 12.1 Å². The lowest BCUT2D eigenvalue weighted by molar-refractivity contribution is -0.231. The third-order valence-electron chi connectivity index (χ3n) is 7.19. The maximum absolute atomic E-state index is 10.7. The standard InChI is InChI=1S/C25H30ClNO5/c26-21-15(11-14-5-7-16(8-6-14)27-9-2-10-27)12-19(17-3-1-4-18(17)21)25-24(31)23(30)22(29)20(13-28)32-25/h5-8,12,20,22-25,28-31H,1-4,9-11,13H2. The molecule has 2 heterocycles. The number of aliphatic hydroxyl groups is 4. The van der Waals surface area contributed by atoms with Crippen LogP contribution in [-0.4, -0.2) is 64.5 Å². The van der Waals surface area contributed by atoms with E-state index in [4.69, 9.17) is 16.3 Å². The van der Waals surface area contributed by atoms with Crippen LogP contribution < -0.4 is 4.90 Å². The predicted octanol–water partition coefficient (Wildman–Crippen LogP) is 2.14. The Balaban J connectivity index is 1.48. The number of fused-ring (bicyclic) bond motifs is 1. The maximum atomic E-state index is 10.7. The molecule has 2 fully saturated rings. The fourth-order valence-electron chi connectivity index (χ4n) is 5.20. The van der Waals surface area contributed by atoms with Crippen molar-refractivity contribution in [1.82, 2.24) is 0 Å². The SMILES string of the molecule is OCC1OC(c2cc(Cc3ccc(N4CCC4)cc3)c(Cl)c3c2CCC3)C(O)C(O)C1O. The minimum absolute atomic E-state index is 0.437. The van der Waals surface area contributed by atoms with E-state index in [-0.39, 0.29) is 0 Å². The molecule has 32 heavy (non-hydrogen) atoms. The van der Waals surface area contributed by atoms with Gasteiger partial charge in [0.05, 0.1) is 6.61 Å². The van der Waals surface area contributed by atoms with E-state index in [1.54, 1.807) is 0 Å². The highest BCUT2D eigenvalue weighted by Crippen LogP contribution is 2.42. The minimum Gasteiger partial charge on any atom is -0.394 e. The summed E-state index contributed by atoms with van der Waals surface area (Å²) >= 11 is 6.83. The summed E-state index contributed by atoms with van der Waals surface area (Å²) in [5.41, 5.74) is 6.27. The topological polar surface area (TPSA) is 93.4 Å². The van der Waals surface area contributed by atoms with E-state index in [2.05, 4.69) is 29.2 Å². The largest absolute Gasteiger partial charge is 0.394 e. The number of aliphatic hydroxyl groups excluding tert-OH is 4. The fraction of sp³-hybridized carbons (Fsp3) is 0.520. The highest BCUT2D eigenvalue weighted by molar-refractivity contribution is 6.32. The number of halogens is 1. The lowest BCUT2D eigenvalue weighted by Gasteiger charge is -2.41. The van der Waals surface area contributed by atoms with Gasteiger partial charge in [-0.1, -0.05) is 29.8 Å². The zero-order valence-corrected chi connectivity index (χ0v) is 18.7. The Morgan fingerprint density at radius 1 is 0.938 bits per heavy atom. The first-order valence-corrected chi connectivity index (χ1v) is 11.8. The van der Waals surface area contributed by atoms with Crippen LogP contribution in [0.15, 0.2) is 30.3 Å². The Bertz CT molecular complexity index is 975. The van der Waals surface area contributed by atoms with E-state index >= 15 is 0 Å². The van der Waals surface area contributed by atoms with Crippen LogP contribution >= 0.6 is 11.6 Å². The van der Waals surface area contributed by atoms with Crippen molar-refractivity contribution in [3.8, 4) is 0 Å². The highest BCUT2D eigenvalue weighted by atomic mass is 35.5. The molecule has 0 aromatic heterocycles. The van der Waals surface area contributed by atoms with Crippen LogP contribution in [0.4, 0.5) is 5.69 Å². The first-order valence-electron chi connectivity index (χ1n) is 11.5. The quantitative estimate of drug-likeness (QED) is 0.547. The zero-order chi connectivity index (χ0) is 22.4. The van der Waals surface area contributed by atoms with Crippen LogP contribution in [0.3, 0.4) is 0 Å². The lowest BCUT2D eigenvalue weighted by atomic mass is 9.86. The Labute approximate surface area is 193 Å². The molecular weight excluding hydrogens is 430 g/mol. The molecule has 5 atom stereocenters. The van der Waals surface area contributed by atoms with Gasteiger partial charge in [0, 0.05) is 23.8 Å².